The molecule has 0 unspecified atom stereocenters. The lowest BCUT2D eigenvalue weighted by Gasteiger charge is -2.32. The van der Waals surface area contributed by atoms with Gasteiger partial charge in [-0.25, -0.2) is 0 Å². The molecule has 18 heavy (non-hydrogen) atoms. The maximum Gasteiger partial charge on any atom is 0.0994 e. The van der Waals surface area contributed by atoms with Crippen molar-refractivity contribution in [1.29, 1.82) is 5.26 Å². The van der Waals surface area contributed by atoms with Gasteiger partial charge < -0.3 is 10.1 Å². The summed E-state index contributed by atoms with van der Waals surface area (Å²) in [6.45, 7) is 4.75. The lowest BCUT2D eigenvalue weighted by Crippen LogP contribution is -2.43. The first-order valence-corrected chi connectivity index (χ1v) is 6.64. The normalized spacial score (nSPS) is 23.6. The maximum absolute atomic E-state index is 9.12. The predicted molar refractivity (Wildman–Crippen MR) is 71.3 cm³/mol. The van der Waals surface area contributed by atoms with Crippen LogP contribution in [0.5, 0.6) is 0 Å². The summed E-state index contributed by atoms with van der Waals surface area (Å²) >= 11 is 0. The van der Waals surface area contributed by atoms with E-state index in [1.807, 2.05) is 18.2 Å². The maximum atomic E-state index is 9.12. The molecule has 0 aromatic heterocycles. The predicted octanol–water partition coefficient (Wildman–Crippen LogP) is 2.12. The fraction of sp³-hybridized carbons (Fsp3) is 0.533. The number of nitriles is 1. The molecule has 0 bridgehead atoms. The SMILES string of the molecule is CCN[C@@H]1CCOC[C@H]1Cc1ccccc1C#N. The van der Waals surface area contributed by atoms with E-state index in [1.165, 1.54) is 0 Å². The summed E-state index contributed by atoms with van der Waals surface area (Å²) in [5, 5.41) is 12.6. The van der Waals surface area contributed by atoms with Crippen molar-refractivity contribution in [3.8, 4) is 6.07 Å². The fourth-order valence-corrected chi connectivity index (χ4v) is 2.62. The van der Waals surface area contributed by atoms with Gasteiger partial charge in [0.25, 0.3) is 0 Å². The van der Waals surface area contributed by atoms with E-state index in [1.54, 1.807) is 0 Å². The zero-order valence-electron chi connectivity index (χ0n) is 10.9. The molecule has 1 aliphatic rings. The van der Waals surface area contributed by atoms with Gasteiger partial charge in [0.1, 0.15) is 0 Å². The van der Waals surface area contributed by atoms with Gasteiger partial charge in [-0.05, 0) is 31.0 Å². The zero-order chi connectivity index (χ0) is 12.8. The van der Waals surface area contributed by atoms with Crippen molar-refractivity contribution in [2.45, 2.75) is 25.8 Å². The molecule has 1 aromatic carbocycles. The Labute approximate surface area is 109 Å². The topological polar surface area (TPSA) is 45.0 Å². The molecule has 0 aliphatic carbocycles. The highest BCUT2D eigenvalue weighted by Gasteiger charge is 2.25. The van der Waals surface area contributed by atoms with Gasteiger partial charge in [0.05, 0.1) is 18.2 Å². The van der Waals surface area contributed by atoms with Gasteiger partial charge >= 0.3 is 0 Å². The van der Waals surface area contributed by atoms with Crippen LogP contribution in [0.2, 0.25) is 0 Å². The van der Waals surface area contributed by atoms with Crippen molar-refractivity contribution in [1.82, 2.24) is 5.32 Å². The molecule has 1 aromatic rings. The highest BCUT2D eigenvalue weighted by molar-refractivity contribution is 5.37. The van der Waals surface area contributed by atoms with E-state index in [4.69, 9.17) is 10.00 Å². The van der Waals surface area contributed by atoms with Gasteiger partial charge in [0, 0.05) is 18.6 Å². The van der Waals surface area contributed by atoms with E-state index < -0.39 is 0 Å². The van der Waals surface area contributed by atoms with Gasteiger partial charge in [-0.1, -0.05) is 25.1 Å². The standard InChI is InChI=1S/C15H20N2O/c1-2-17-15-7-8-18-11-14(15)9-12-5-3-4-6-13(12)10-16/h3-6,14-15,17H,2,7-9,11H2,1H3/t14-,15-/m1/s1. The second-order valence-corrected chi connectivity index (χ2v) is 4.76. The molecule has 3 nitrogen and oxygen atoms in total. The van der Waals surface area contributed by atoms with E-state index in [0.717, 1.165) is 43.7 Å². The van der Waals surface area contributed by atoms with Crippen LogP contribution in [0.25, 0.3) is 0 Å². The summed E-state index contributed by atoms with van der Waals surface area (Å²) in [5.74, 6) is 0.466. The molecule has 2 rings (SSSR count). The number of nitrogens with zero attached hydrogens (tertiary/aromatic N) is 1. The molecular formula is C15H20N2O. The molecule has 96 valence electrons. The number of rotatable bonds is 4. The third-order valence-electron chi connectivity index (χ3n) is 3.56. The number of hydrogen-bond donors (Lipinski definition) is 1. The minimum Gasteiger partial charge on any atom is -0.381 e. The van der Waals surface area contributed by atoms with Crippen LogP contribution >= 0.6 is 0 Å². The van der Waals surface area contributed by atoms with E-state index in [9.17, 15) is 0 Å². The van der Waals surface area contributed by atoms with Crippen LogP contribution < -0.4 is 5.32 Å². The largest absolute Gasteiger partial charge is 0.381 e. The van der Waals surface area contributed by atoms with E-state index >= 15 is 0 Å². The summed E-state index contributed by atoms with van der Waals surface area (Å²) < 4.78 is 5.58. The van der Waals surface area contributed by atoms with E-state index in [2.05, 4.69) is 24.4 Å². The molecule has 1 aliphatic heterocycles. The lowest BCUT2D eigenvalue weighted by atomic mass is 9.88. The summed E-state index contributed by atoms with van der Waals surface area (Å²) in [6.07, 6.45) is 1.98. The highest BCUT2D eigenvalue weighted by atomic mass is 16.5. The second kappa shape index (κ2) is 6.53. The van der Waals surface area contributed by atoms with E-state index in [0.29, 0.717) is 12.0 Å². The summed E-state index contributed by atoms with van der Waals surface area (Å²) in [4.78, 5) is 0. The molecular weight excluding hydrogens is 224 g/mol. The van der Waals surface area contributed by atoms with Crippen LogP contribution in [-0.2, 0) is 11.2 Å². The summed E-state index contributed by atoms with van der Waals surface area (Å²) in [6, 6.07) is 10.6. The molecule has 2 atom stereocenters. The Bertz CT molecular complexity index is 423. The summed E-state index contributed by atoms with van der Waals surface area (Å²) in [5.41, 5.74) is 1.93. The van der Waals surface area contributed by atoms with Gasteiger partial charge in [-0.15, -0.1) is 0 Å². The quantitative estimate of drug-likeness (QED) is 0.882. The van der Waals surface area contributed by atoms with Crippen LogP contribution in [0.1, 0.15) is 24.5 Å². The average molecular weight is 244 g/mol. The molecule has 1 fully saturated rings. The Hall–Kier alpha value is -1.37. The van der Waals surface area contributed by atoms with Gasteiger partial charge in [-0.3, -0.25) is 0 Å². The number of benzene rings is 1. The third-order valence-corrected chi connectivity index (χ3v) is 3.56. The average Bonchev–Trinajstić information content (AvgIpc) is 2.42. The van der Waals surface area contributed by atoms with Crippen LogP contribution in [0.15, 0.2) is 24.3 Å². The smallest absolute Gasteiger partial charge is 0.0994 e. The van der Waals surface area contributed by atoms with Crippen LogP contribution in [-0.4, -0.2) is 25.8 Å². The van der Waals surface area contributed by atoms with E-state index in [-0.39, 0.29) is 0 Å². The second-order valence-electron chi connectivity index (χ2n) is 4.76. The number of nitrogens with one attached hydrogen (secondary N) is 1. The molecule has 1 saturated heterocycles. The Kier molecular flexibility index (Phi) is 4.74. The van der Waals surface area contributed by atoms with Crippen LogP contribution in [0.4, 0.5) is 0 Å². The van der Waals surface area contributed by atoms with Crippen molar-refractivity contribution in [3.63, 3.8) is 0 Å². The Morgan fingerprint density at radius 1 is 1.44 bits per heavy atom. The van der Waals surface area contributed by atoms with Crippen molar-refractivity contribution in [2.24, 2.45) is 5.92 Å². The first kappa shape index (κ1) is 13.1. The molecule has 1 N–H and O–H groups in total. The van der Waals surface area contributed by atoms with Crippen molar-refractivity contribution >= 4 is 0 Å². The van der Waals surface area contributed by atoms with Crippen LogP contribution in [0.3, 0.4) is 0 Å². The first-order chi connectivity index (χ1) is 8.85. The van der Waals surface area contributed by atoms with Gasteiger partial charge in [0.15, 0.2) is 0 Å². The molecule has 0 radical (unpaired) electrons. The number of hydrogen-bond acceptors (Lipinski definition) is 3. The molecule has 3 heteroatoms. The Balaban J connectivity index is 2.09. The summed E-state index contributed by atoms with van der Waals surface area (Å²) in [7, 11) is 0. The van der Waals surface area contributed by atoms with Crippen molar-refractivity contribution in [2.75, 3.05) is 19.8 Å². The Morgan fingerprint density at radius 3 is 3.06 bits per heavy atom. The molecule has 0 saturated carbocycles. The monoisotopic (exact) mass is 244 g/mol. The first-order valence-electron chi connectivity index (χ1n) is 6.64. The van der Waals surface area contributed by atoms with Crippen molar-refractivity contribution < 1.29 is 4.74 Å². The van der Waals surface area contributed by atoms with Crippen molar-refractivity contribution in [3.05, 3.63) is 35.4 Å². The van der Waals surface area contributed by atoms with Crippen LogP contribution in [0, 0.1) is 17.2 Å². The molecule has 0 amide bonds. The number of ether oxygens (including phenoxy) is 1. The highest BCUT2D eigenvalue weighted by Crippen LogP contribution is 2.21. The fourth-order valence-electron chi connectivity index (χ4n) is 2.62. The Morgan fingerprint density at radius 2 is 2.28 bits per heavy atom. The molecule has 1 heterocycles. The van der Waals surface area contributed by atoms with Gasteiger partial charge in [0.2, 0.25) is 0 Å². The molecule has 0 spiro atoms. The third kappa shape index (κ3) is 3.10. The van der Waals surface area contributed by atoms with Gasteiger partial charge in [-0.2, -0.15) is 5.26 Å². The zero-order valence-corrected chi connectivity index (χ0v) is 10.9. The minimum absolute atomic E-state index is 0.466. The minimum atomic E-state index is 0.466. The lowest BCUT2D eigenvalue weighted by molar-refractivity contribution is 0.0326.